The number of carbonyl (C=O) groups is 1. The maximum atomic E-state index is 12.6. The average molecular weight is 302 g/mol. The number of ether oxygens (including phenoxy) is 2. The van der Waals surface area contributed by atoms with Gasteiger partial charge in [0.15, 0.2) is 0 Å². The summed E-state index contributed by atoms with van der Waals surface area (Å²) >= 11 is 0. The number of hydrogen-bond donors (Lipinski definition) is 2. The van der Waals surface area contributed by atoms with Crippen LogP contribution in [0.2, 0.25) is 0 Å². The van der Waals surface area contributed by atoms with E-state index in [0.29, 0.717) is 13.2 Å². The first-order valence-corrected chi connectivity index (χ1v) is 7.64. The van der Waals surface area contributed by atoms with Crippen LogP contribution < -0.4 is 10.1 Å². The summed E-state index contributed by atoms with van der Waals surface area (Å²) in [5.41, 5.74) is 1.73. The summed E-state index contributed by atoms with van der Waals surface area (Å²) in [5.74, 6) is 0.928. The van der Waals surface area contributed by atoms with Gasteiger partial charge in [0.25, 0.3) is 0 Å². The zero-order valence-corrected chi connectivity index (χ0v) is 13.1. The van der Waals surface area contributed by atoms with Crippen LogP contribution in [0, 0.1) is 0 Å². The fraction of sp³-hybridized carbons (Fsp3) is 0.471. The van der Waals surface area contributed by atoms with Crippen molar-refractivity contribution in [3.05, 3.63) is 30.0 Å². The Morgan fingerprint density at radius 1 is 1.36 bits per heavy atom. The molecule has 5 heteroatoms. The van der Waals surface area contributed by atoms with Gasteiger partial charge in [-0.2, -0.15) is 0 Å². The lowest BCUT2D eigenvalue weighted by atomic mass is 9.94. The standard InChI is InChI=1S/C17H22N2O3/c1-21-9-3-8-18-16(20)17(6-7-17)14-11-19-15-5-4-12(22-2)10-13(14)15/h4-5,10-11,19H,3,6-9H2,1-2H3,(H,18,20). The highest BCUT2D eigenvalue weighted by Crippen LogP contribution is 2.51. The summed E-state index contributed by atoms with van der Waals surface area (Å²) in [6, 6.07) is 5.91. The molecule has 0 spiro atoms. The summed E-state index contributed by atoms with van der Waals surface area (Å²) in [4.78, 5) is 15.9. The van der Waals surface area contributed by atoms with Gasteiger partial charge in [0.2, 0.25) is 5.91 Å². The van der Waals surface area contributed by atoms with Crippen molar-refractivity contribution in [1.29, 1.82) is 0 Å². The number of H-pyrrole nitrogens is 1. The van der Waals surface area contributed by atoms with Gasteiger partial charge in [-0.3, -0.25) is 4.79 Å². The first-order valence-electron chi connectivity index (χ1n) is 7.64. The Balaban J connectivity index is 1.82. The molecular weight excluding hydrogens is 280 g/mol. The van der Waals surface area contributed by atoms with Crippen LogP contribution in [0.4, 0.5) is 0 Å². The van der Waals surface area contributed by atoms with E-state index in [2.05, 4.69) is 10.3 Å². The van der Waals surface area contributed by atoms with Crippen molar-refractivity contribution in [2.45, 2.75) is 24.7 Å². The van der Waals surface area contributed by atoms with Crippen molar-refractivity contribution < 1.29 is 14.3 Å². The Labute approximate surface area is 130 Å². The van der Waals surface area contributed by atoms with E-state index in [-0.39, 0.29) is 11.3 Å². The van der Waals surface area contributed by atoms with Crippen molar-refractivity contribution in [3.8, 4) is 5.75 Å². The number of amides is 1. The lowest BCUT2D eigenvalue weighted by Crippen LogP contribution is -2.35. The third-order valence-electron chi connectivity index (χ3n) is 4.40. The summed E-state index contributed by atoms with van der Waals surface area (Å²) in [5, 5.41) is 4.11. The molecule has 1 aromatic heterocycles. The predicted octanol–water partition coefficient (Wildman–Crippen LogP) is 2.36. The number of carbonyl (C=O) groups excluding carboxylic acids is 1. The molecule has 1 aliphatic rings. The van der Waals surface area contributed by atoms with Crippen molar-refractivity contribution in [2.75, 3.05) is 27.4 Å². The normalized spacial score (nSPS) is 15.7. The van der Waals surface area contributed by atoms with Gasteiger partial charge in [-0.1, -0.05) is 0 Å². The van der Waals surface area contributed by atoms with Gasteiger partial charge in [0.1, 0.15) is 5.75 Å². The average Bonchev–Trinajstić information content (AvgIpc) is 3.24. The molecule has 3 rings (SSSR count). The molecule has 0 aliphatic heterocycles. The second kappa shape index (κ2) is 6.01. The van der Waals surface area contributed by atoms with Crippen LogP contribution in [-0.2, 0) is 14.9 Å². The number of hydrogen-bond acceptors (Lipinski definition) is 3. The van der Waals surface area contributed by atoms with Gasteiger partial charge < -0.3 is 19.8 Å². The molecule has 0 radical (unpaired) electrons. The molecule has 1 heterocycles. The van der Waals surface area contributed by atoms with Crippen molar-refractivity contribution in [3.63, 3.8) is 0 Å². The zero-order valence-electron chi connectivity index (χ0n) is 13.1. The largest absolute Gasteiger partial charge is 0.497 e. The van der Waals surface area contributed by atoms with Crippen LogP contribution >= 0.6 is 0 Å². The lowest BCUT2D eigenvalue weighted by molar-refractivity contribution is -0.123. The monoisotopic (exact) mass is 302 g/mol. The molecule has 1 amide bonds. The highest BCUT2D eigenvalue weighted by Gasteiger charge is 2.52. The number of benzene rings is 1. The molecule has 1 saturated carbocycles. The fourth-order valence-electron chi connectivity index (χ4n) is 2.95. The second-order valence-electron chi connectivity index (χ2n) is 5.80. The zero-order chi connectivity index (χ0) is 15.6. The van der Waals surface area contributed by atoms with E-state index in [9.17, 15) is 4.79 Å². The summed E-state index contributed by atoms with van der Waals surface area (Å²) < 4.78 is 10.3. The molecule has 5 nitrogen and oxygen atoms in total. The van der Waals surface area contributed by atoms with Crippen molar-refractivity contribution in [2.24, 2.45) is 0 Å². The van der Waals surface area contributed by atoms with Crippen LogP contribution in [0.1, 0.15) is 24.8 Å². The molecule has 0 atom stereocenters. The molecule has 1 fully saturated rings. The molecule has 1 aliphatic carbocycles. The van der Waals surface area contributed by atoms with Gasteiger partial charge in [-0.05, 0) is 43.0 Å². The van der Waals surface area contributed by atoms with Crippen LogP contribution in [0.15, 0.2) is 24.4 Å². The lowest BCUT2D eigenvalue weighted by Gasteiger charge is -2.15. The topological polar surface area (TPSA) is 63.3 Å². The molecule has 2 aromatic rings. The first-order chi connectivity index (χ1) is 10.7. The highest BCUT2D eigenvalue weighted by atomic mass is 16.5. The van der Waals surface area contributed by atoms with E-state index < -0.39 is 0 Å². The Hall–Kier alpha value is -2.01. The van der Waals surface area contributed by atoms with E-state index in [0.717, 1.165) is 41.5 Å². The SMILES string of the molecule is COCCCNC(=O)C1(c2c[nH]c3ccc(OC)cc23)CC1. The van der Waals surface area contributed by atoms with Gasteiger partial charge in [0, 0.05) is 37.4 Å². The van der Waals surface area contributed by atoms with Crippen molar-refractivity contribution in [1.82, 2.24) is 10.3 Å². The molecule has 22 heavy (non-hydrogen) atoms. The number of aromatic nitrogens is 1. The van der Waals surface area contributed by atoms with Crippen LogP contribution in [-0.4, -0.2) is 38.3 Å². The van der Waals surface area contributed by atoms with Crippen LogP contribution in [0.3, 0.4) is 0 Å². The molecule has 0 bridgehead atoms. The van der Waals surface area contributed by atoms with Gasteiger partial charge in [-0.15, -0.1) is 0 Å². The number of nitrogens with one attached hydrogen (secondary N) is 2. The Morgan fingerprint density at radius 3 is 2.86 bits per heavy atom. The van der Waals surface area contributed by atoms with E-state index >= 15 is 0 Å². The van der Waals surface area contributed by atoms with Gasteiger partial charge in [0.05, 0.1) is 12.5 Å². The minimum atomic E-state index is -0.377. The second-order valence-corrected chi connectivity index (χ2v) is 5.80. The van der Waals surface area contributed by atoms with E-state index in [1.807, 2.05) is 24.4 Å². The minimum absolute atomic E-state index is 0.118. The summed E-state index contributed by atoms with van der Waals surface area (Å²) in [6.07, 6.45) is 4.59. The highest BCUT2D eigenvalue weighted by molar-refractivity contribution is 5.97. The molecule has 1 aromatic carbocycles. The van der Waals surface area contributed by atoms with Crippen molar-refractivity contribution >= 4 is 16.8 Å². The molecule has 2 N–H and O–H groups in total. The molecule has 0 saturated heterocycles. The predicted molar refractivity (Wildman–Crippen MR) is 85.3 cm³/mol. The Kier molecular flexibility index (Phi) is 4.07. The third kappa shape index (κ3) is 2.57. The molecule has 118 valence electrons. The summed E-state index contributed by atoms with van der Waals surface area (Å²) in [6.45, 7) is 1.32. The third-order valence-corrected chi connectivity index (χ3v) is 4.40. The van der Waals surface area contributed by atoms with Crippen LogP contribution in [0.5, 0.6) is 5.75 Å². The minimum Gasteiger partial charge on any atom is -0.497 e. The molecule has 0 unspecified atom stereocenters. The van der Waals surface area contributed by atoms with E-state index in [1.54, 1.807) is 14.2 Å². The quantitative estimate of drug-likeness (QED) is 0.772. The summed E-state index contributed by atoms with van der Waals surface area (Å²) in [7, 11) is 3.33. The number of methoxy groups -OCH3 is 2. The van der Waals surface area contributed by atoms with E-state index in [4.69, 9.17) is 9.47 Å². The maximum absolute atomic E-state index is 12.6. The number of fused-ring (bicyclic) bond motifs is 1. The first kappa shape index (κ1) is 14.9. The maximum Gasteiger partial charge on any atom is 0.230 e. The number of rotatable bonds is 7. The Bertz CT molecular complexity index is 674. The van der Waals surface area contributed by atoms with E-state index in [1.165, 1.54) is 0 Å². The Morgan fingerprint density at radius 2 is 2.18 bits per heavy atom. The fourth-order valence-corrected chi connectivity index (χ4v) is 2.95. The molecular formula is C17H22N2O3. The smallest absolute Gasteiger partial charge is 0.230 e. The van der Waals surface area contributed by atoms with Crippen LogP contribution in [0.25, 0.3) is 10.9 Å². The van der Waals surface area contributed by atoms with Gasteiger partial charge >= 0.3 is 0 Å². The number of aromatic amines is 1. The van der Waals surface area contributed by atoms with Gasteiger partial charge in [-0.25, -0.2) is 0 Å².